The number of halogens is 1. The fourth-order valence-corrected chi connectivity index (χ4v) is 1.95. The van der Waals surface area contributed by atoms with Crippen molar-refractivity contribution >= 4 is 28.1 Å². The van der Waals surface area contributed by atoms with Crippen LogP contribution in [0.25, 0.3) is 0 Å². The fraction of sp³-hybridized carbons (Fsp3) is 0.0667. The SMILES string of the molecule is COc1ccc(C=NNC(=O)c2cccc(Br)c2)cc1. The van der Waals surface area contributed by atoms with Crippen molar-refractivity contribution in [2.45, 2.75) is 0 Å². The summed E-state index contributed by atoms with van der Waals surface area (Å²) in [6.07, 6.45) is 1.58. The molecule has 0 atom stereocenters. The predicted octanol–water partition coefficient (Wildman–Crippen LogP) is 3.22. The Kier molecular flexibility index (Phi) is 4.90. The molecule has 0 heterocycles. The van der Waals surface area contributed by atoms with Crippen LogP contribution < -0.4 is 10.2 Å². The van der Waals surface area contributed by atoms with Crippen LogP contribution in [0.15, 0.2) is 58.1 Å². The van der Waals surface area contributed by atoms with Gasteiger partial charge in [-0.3, -0.25) is 4.79 Å². The Balaban J connectivity index is 1.97. The van der Waals surface area contributed by atoms with Crippen molar-refractivity contribution in [3.05, 3.63) is 64.1 Å². The number of methoxy groups -OCH3 is 1. The number of hydrogen-bond donors (Lipinski definition) is 1. The number of amides is 1. The van der Waals surface area contributed by atoms with Crippen molar-refractivity contribution in [1.82, 2.24) is 5.43 Å². The molecular weight excluding hydrogens is 320 g/mol. The third kappa shape index (κ3) is 3.93. The molecule has 2 aromatic rings. The number of carbonyl (C=O) groups is 1. The van der Waals surface area contributed by atoms with Gasteiger partial charge in [0.2, 0.25) is 0 Å². The Morgan fingerprint density at radius 3 is 2.65 bits per heavy atom. The topological polar surface area (TPSA) is 50.7 Å². The van der Waals surface area contributed by atoms with E-state index < -0.39 is 0 Å². The summed E-state index contributed by atoms with van der Waals surface area (Å²) in [4.78, 5) is 11.8. The number of rotatable bonds is 4. The summed E-state index contributed by atoms with van der Waals surface area (Å²) < 4.78 is 5.91. The first-order valence-corrected chi connectivity index (χ1v) is 6.71. The first-order chi connectivity index (χ1) is 9.69. The average Bonchev–Trinajstić information content (AvgIpc) is 2.48. The van der Waals surface area contributed by atoms with Gasteiger partial charge in [0.25, 0.3) is 5.91 Å². The second-order valence-corrected chi connectivity index (χ2v) is 4.90. The molecule has 0 unspecified atom stereocenters. The summed E-state index contributed by atoms with van der Waals surface area (Å²) in [5.74, 6) is 0.524. The van der Waals surface area contributed by atoms with Crippen LogP contribution in [-0.2, 0) is 0 Å². The molecular formula is C15H13BrN2O2. The number of carbonyl (C=O) groups excluding carboxylic acids is 1. The minimum atomic E-state index is -0.254. The smallest absolute Gasteiger partial charge is 0.271 e. The average molecular weight is 333 g/mol. The van der Waals surface area contributed by atoms with E-state index in [0.29, 0.717) is 5.56 Å². The molecule has 0 fully saturated rings. The molecule has 0 aromatic heterocycles. The molecule has 0 spiro atoms. The number of nitrogens with one attached hydrogen (secondary N) is 1. The lowest BCUT2D eigenvalue weighted by Crippen LogP contribution is -2.17. The first-order valence-electron chi connectivity index (χ1n) is 5.92. The highest BCUT2D eigenvalue weighted by Gasteiger charge is 2.03. The number of hydrazone groups is 1. The molecule has 2 aromatic carbocycles. The second-order valence-electron chi connectivity index (χ2n) is 3.98. The molecule has 2 rings (SSSR count). The van der Waals surface area contributed by atoms with Gasteiger partial charge in [-0.2, -0.15) is 5.10 Å². The molecule has 0 aliphatic carbocycles. The Morgan fingerprint density at radius 2 is 2.00 bits per heavy atom. The van der Waals surface area contributed by atoms with E-state index in [9.17, 15) is 4.79 Å². The third-order valence-corrected chi connectivity index (χ3v) is 3.08. The van der Waals surface area contributed by atoms with Crippen LogP contribution in [0.4, 0.5) is 0 Å². The Hall–Kier alpha value is -2.14. The molecule has 4 nitrogen and oxygen atoms in total. The minimum absolute atomic E-state index is 0.254. The maximum absolute atomic E-state index is 11.8. The van der Waals surface area contributed by atoms with Gasteiger partial charge in [0.15, 0.2) is 0 Å². The van der Waals surface area contributed by atoms with Crippen molar-refractivity contribution in [2.75, 3.05) is 7.11 Å². The van der Waals surface area contributed by atoms with Crippen LogP contribution in [0.5, 0.6) is 5.75 Å². The molecule has 5 heteroatoms. The Labute approximate surface area is 125 Å². The van der Waals surface area contributed by atoms with Crippen LogP contribution in [-0.4, -0.2) is 19.2 Å². The largest absolute Gasteiger partial charge is 0.497 e. The van der Waals surface area contributed by atoms with Gasteiger partial charge in [0.1, 0.15) is 5.75 Å². The van der Waals surface area contributed by atoms with Gasteiger partial charge in [-0.25, -0.2) is 5.43 Å². The third-order valence-electron chi connectivity index (χ3n) is 2.58. The summed E-state index contributed by atoms with van der Waals surface area (Å²) in [5, 5.41) is 3.92. The van der Waals surface area contributed by atoms with E-state index in [1.807, 2.05) is 30.3 Å². The van der Waals surface area contributed by atoms with Gasteiger partial charge in [0.05, 0.1) is 13.3 Å². The molecule has 1 N–H and O–H groups in total. The van der Waals surface area contributed by atoms with Gasteiger partial charge in [-0.15, -0.1) is 0 Å². The van der Waals surface area contributed by atoms with E-state index in [-0.39, 0.29) is 5.91 Å². The monoisotopic (exact) mass is 332 g/mol. The van der Waals surface area contributed by atoms with E-state index in [2.05, 4.69) is 26.5 Å². The van der Waals surface area contributed by atoms with E-state index in [0.717, 1.165) is 15.8 Å². The zero-order valence-electron chi connectivity index (χ0n) is 10.8. The molecule has 1 amide bonds. The highest BCUT2D eigenvalue weighted by molar-refractivity contribution is 9.10. The van der Waals surface area contributed by atoms with Crippen LogP contribution in [0.1, 0.15) is 15.9 Å². The van der Waals surface area contributed by atoms with E-state index in [4.69, 9.17) is 4.74 Å². The first kappa shape index (κ1) is 14.3. The van der Waals surface area contributed by atoms with Crippen LogP contribution >= 0.6 is 15.9 Å². The van der Waals surface area contributed by atoms with Gasteiger partial charge in [0, 0.05) is 10.0 Å². The summed E-state index contributed by atoms with van der Waals surface area (Å²) >= 11 is 3.32. The molecule has 102 valence electrons. The van der Waals surface area contributed by atoms with Gasteiger partial charge < -0.3 is 4.74 Å². The van der Waals surface area contributed by atoms with Crippen LogP contribution in [0.3, 0.4) is 0 Å². The minimum Gasteiger partial charge on any atom is -0.497 e. The highest BCUT2D eigenvalue weighted by Crippen LogP contribution is 2.11. The summed E-state index contributed by atoms with van der Waals surface area (Å²) in [6, 6.07) is 14.5. The van der Waals surface area contributed by atoms with Crippen molar-refractivity contribution < 1.29 is 9.53 Å². The zero-order chi connectivity index (χ0) is 14.4. The van der Waals surface area contributed by atoms with E-state index >= 15 is 0 Å². The Bertz CT molecular complexity index is 624. The second kappa shape index (κ2) is 6.86. The van der Waals surface area contributed by atoms with Gasteiger partial charge in [-0.1, -0.05) is 22.0 Å². The molecule has 0 aliphatic rings. The standard InChI is InChI=1S/C15H13BrN2O2/c1-20-14-7-5-11(6-8-14)10-17-18-15(19)12-3-2-4-13(16)9-12/h2-10H,1H3,(H,18,19). The molecule has 0 bridgehead atoms. The van der Waals surface area contributed by atoms with E-state index in [1.165, 1.54) is 0 Å². The predicted molar refractivity (Wildman–Crippen MR) is 82.2 cm³/mol. The molecule has 0 aliphatic heterocycles. The van der Waals surface area contributed by atoms with Crippen molar-refractivity contribution in [2.24, 2.45) is 5.10 Å². The van der Waals surface area contributed by atoms with E-state index in [1.54, 1.807) is 31.5 Å². The van der Waals surface area contributed by atoms with Crippen molar-refractivity contribution in [3.8, 4) is 5.75 Å². The van der Waals surface area contributed by atoms with Gasteiger partial charge >= 0.3 is 0 Å². The zero-order valence-corrected chi connectivity index (χ0v) is 12.4. The quantitative estimate of drug-likeness (QED) is 0.690. The lowest BCUT2D eigenvalue weighted by atomic mass is 10.2. The molecule has 0 radical (unpaired) electrons. The lowest BCUT2D eigenvalue weighted by molar-refractivity contribution is 0.0955. The van der Waals surface area contributed by atoms with Gasteiger partial charge in [-0.05, 0) is 48.0 Å². The van der Waals surface area contributed by atoms with Crippen LogP contribution in [0.2, 0.25) is 0 Å². The van der Waals surface area contributed by atoms with Crippen molar-refractivity contribution in [1.29, 1.82) is 0 Å². The maximum Gasteiger partial charge on any atom is 0.271 e. The summed E-state index contributed by atoms with van der Waals surface area (Å²) in [5.41, 5.74) is 3.90. The summed E-state index contributed by atoms with van der Waals surface area (Å²) in [6.45, 7) is 0. The maximum atomic E-state index is 11.8. The van der Waals surface area contributed by atoms with Crippen LogP contribution in [0, 0.1) is 0 Å². The lowest BCUT2D eigenvalue weighted by Gasteiger charge is -2.01. The highest BCUT2D eigenvalue weighted by atomic mass is 79.9. The molecule has 0 saturated carbocycles. The molecule has 20 heavy (non-hydrogen) atoms. The Morgan fingerprint density at radius 1 is 1.25 bits per heavy atom. The number of benzene rings is 2. The van der Waals surface area contributed by atoms with Crippen molar-refractivity contribution in [3.63, 3.8) is 0 Å². The number of ether oxygens (including phenoxy) is 1. The number of nitrogens with zero attached hydrogens (tertiary/aromatic N) is 1. The molecule has 0 saturated heterocycles. The fourth-order valence-electron chi connectivity index (χ4n) is 1.55. The normalized spacial score (nSPS) is 10.5. The summed E-state index contributed by atoms with van der Waals surface area (Å²) in [7, 11) is 1.61. The number of hydrogen-bond acceptors (Lipinski definition) is 3.